The number of aryl methyl sites for hydroxylation is 3. The van der Waals surface area contributed by atoms with Gasteiger partial charge in [-0.2, -0.15) is 0 Å². The predicted octanol–water partition coefficient (Wildman–Crippen LogP) is 3.66. The van der Waals surface area contributed by atoms with Crippen LogP contribution in [-0.4, -0.2) is 29.2 Å². The smallest absolute Gasteiger partial charge is 0.306 e. The zero-order valence-corrected chi connectivity index (χ0v) is 16.5. The first-order chi connectivity index (χ1) is 13.7. The average molecular weight is 398 g/mol. The Balaban J connectivity index is 1.80. The van der Waals surface area contributed by atoms with E-state index in [1.54, 1.807) is 19.1 Å². The van der Waals surface area contributed by atoms with Crippen LogP contribution in [0.3, 0.4) is 0 Å². The van der Waals surface area contributed by atoms with Gasteiger partial charge in [0.1, 0.15) is 0 Å². The Morgan fingerprint density at radius 3 is 2.31 bits per heavy atom. The summed E-state index contributed by atoms with van der Waals surface area (Å²) in [4.78, 5) is 46.2. The fourth-order valence-electron chi connectivity index (χ4n) is 2.57. The monoisotopic (exact) mass is 398 g/mol. The number of nitrogens with zero attached hydrogens (tertiary/aromatic N) is 1. The molecule has 2 aromatic rings. The molecule has 0 unspecified atom stereocenters. The Labute approximate surface area is 168 Å². The molecule has 29 heavy (non-hydrogen) atoms. The number of nitro benzene ring substituents is 1. The molecule has 0 aliphatic rings. The third-order valence-electron chi connectivity index (χ3n) is 4.44. The van der Waals surface area contributed by atoms with E-state index in [9.17, 15) is 24.5 Å². The number of nitrogens with one attached hydrogen (secondary N) is 1. The van der Waals surface area contributed by atoms with Gasteiger partial charge in [-0.1, -0.05) is 18.2 Å². The lowest BCUT2D eigenvalue weighted by Crippen LogP contribution is -2.21. The largest absolute Gasteiger partial charge is 0.456 e. The number of amides is 1. The number of carbonyl (C=O) groups is 3. The molecule has 152 valence electrons. The molecule has 0 aliphatic heterocycles. The molecule has 8 nitrogen and oxygen atoms in total. The molecule has 0 bridgehead atoms. The number of Topliss-reactive ketones (excluding diaryl/α,β-unsaturated/α-hetero) is 1. The number of rotatable bonds is 8. The van der Waals surface area contributed by atoms with Crippen LogP contribution in [0.5, 0.6) is 0 Å². The molecule has 2 aromatic carbocycles. The molecular weight excluding hydrogens is 376 g/mol. The Bertz CT molecular complexity index is 968. The highest BCUT2D eigenvalue weighted by atomic mass is 16.6. The minimum absolute atomic E-state index is 0.0207. The Kier molecular flexibility index (Phi) is 7.19. The van der Waals surface area contributed by atoms with Crippen LogP contribution in [0.2, 0.25) is 0 Å². The van der Waals surface area contributed by atoms with Gasteiger partial charge in [0.2, 0.25) is 0 Å². The van der Waals surface area contributed by atoms with E-state index < -0.39 is 23.4 Å². The molecule has 0 atom stereocenters. The van der Waals surface area contributed by atoms with Crippen LogP contribution >= 0.6 is 0 Å². The van der Waals surface area contributed by atoms with Gasteiger partial charge in [0.05, 0.1) is 11.3 Å². The van der Waals surface area contributed by atoms with Gasteiger partial charge in [0.15, 0.2) is 12.4 Å². The van der Waals surface area contributed by atoms with E-state index in [4.69, 9.17) is 4.74 Å². The second kappa shape index (κ2) is 9.59. The molecule has 1 N–H and O–H groups in total. The first kappa shape index (κ1) is 21.7. The molecule has 0 heterocycles. The first-order valence-electron chi connectivity index (χ1n) is 8.98. The van der Waals surface area contributed by atoms with E-state index in [-0.39, 0.29) is 30.0 Å². The minimum atomic E-state index is -0.674. The highest BCUT2D eigenvalue weighted by Crippen LogP contribution is 2.22. The van der Waals surface area contributed by atoms with Crippen molar-refractivity contribution in [1.29, 1.82) is 0 Å². The maximum atomic E-state index is 12.2. The van der Waals surface area contributed by atoms with E-state index in [1.165, 1.54) is 18.2 Å². The molecule has 0 saturated carbocycles. The van der Waals surface area contributed by atoms with Gasteiger partial charge in [0.25, 0.3) is 11.6 Å². The standard InChI is InChI=1S/C21H22N2O6/c1-13-4-6-16(10-15(13)3)19(24)8-9-21(26)29-12-20(25)22-17-7-5-14(2)18(11-17)23(27)28/h4-7,10-11H,8-9,12H2,1-3H3,(H,22,25). The maximum Gasteiger partial charge on any atom is 0.306 e. The molecule has 0 saturated heterocycles. The number of ketones is 1. The summed E-state index contributed by atoms with van der Waals surface area (Å²) in [5.41, 5.74) is 3.17. The summed E-state index contributed by atoms with van der Waals surface area (Å²) < 4.78 is 4.87. The van der Waals surface area contributed by atoms with E-state index in [2.05, 4.69) is 5.32 Å². The summed E-state index contributed by atoms with van der Waals surface area (Å²) in [5, 5.41) is 13.4. The van der Waals surface area contributed by atoms with Crippen LogP contribution in [0.15, 0.2) is 36.4 Å². The number of benzene rings is 2. The molecule has 8 heteroatoms. The van der Waals surface area contributed by atoms with Crippen molar-refractivity contribution in [3.63, 3.8) is 0 Å². The quantitative estimate of drug-likeness (QED) is 0.314. The van der Waals surface area contributed by atoms with Crippen molar-refractivity contribution >= 4 is 29.0 Å². The van der Waals surface area contributed by atoms with E-state index >= 15 is 0 Å². The number of hydrogen-bond acceptors (Lipinski definition) is 6. The number of carbonyl (C=O) groups excluding carboxylic acids is 3. The third kappa shape index (κ3) is 6.24. The van der Waals surface area contributed by atoms with E-state index in [0.717, 1.165) is 11.1 Å². The van der Waals surface area contributed by atoms with Crippen LogP contribution in [0.4, 0.5) is 11.4 Å². The van der Waals surface area contributed by atoms with Crippen molar-refractivity contribution < 1.29 is 24.0 Å². The van der Waals surface area contributed by atoms with Gasteiger partial charge >= 0.3 is 5.97 Å². The zero-order chi connectivity index (χ0) is 21.6. The second-order valence-corrected chi connectivity index (χ2v) is 6.69. The summed E-state index contributed by atoms with van der Waals surface area (Å²) >= 11 is 0. The number of esters is 1. The van der Waals surface area contributed by atoms with Gasteiger partial charge in [-0.05, 0) is 44.0 Å². The van der Waals surface area contributed by atoms with Gasteiger partial charge in [0, 0.05) is 29.3 Å². The van der Waals surface area contributed by atoms with Crippen LogP contribution in [0, 0.1) is 30.9 Å². The van der Waals surface area contributed by atoms with Gasteiger partial charge < -0.3 is 10.1 Å². The molecule has 0 spiro atoms. The Hall–Kier alpha value is -3.55. The molecule has 0 radical (unpaired) electrons. The molecular formula is C21H22N2O6. The van der Waals surface area contributed by atoms with Crippen molar-refractivity contribution in [2.75, 3.05) is 11.9 Å². The molecule has 0 aliphatic carbocycles. The zero-order valence-electron chi connectivity index (χ0n) is 16.5. The van der Waals surface area contributed by atoms with Crippen LogP contribution in [-0.2, 0) is 14.3 Å². The van der Waals surface area contributed by atoms with Crippen molar-refractivity contribution in [3.05, 3.63) is 68.8 Å². The minimum Gasteiger partial charge on any atom is -0.456 e. The topological polar surface area (TPSA) is 116 Å². The summed E-state index contributed by atoms with van der Waals surface area (Å²) in [7, 11) is 0. The van der Waals surface area contributed by atoms with Crippen molar-refractivity contribution in [1.82, 2.24) is 0 Å². The highest BCUT2D eigenvalue weighted by molar-refractivity contribution is 5.98. The summed E-state index contributed by atoms with van der Waals surface area (Å²) in [6.07, 6.45) is -0.165. The van der Waals surface area contributed by atoms with E-state index in [0.29, 0.717) is 11.1 Å². The SMILES string of the molecule is Cc1ccc(C(=O)CCC(=O)OCC(=O)Nc2ccc(C)c([N+](=O)[O-])c2)cc1C. The first-order valence-corrected chi connectivity index (χ1v) is 8.98. The summed E-state index contributed by atoms with van der Waals surface area (Å²) in [5.74, 6) is -1.48. The Morgan fingerprint density at radius 1 is 0.966 bits per heavy atom. The van der Waals surface area contributed by atoms with Crippen LogP contribution in [0.1, 0.15) is 39.9 Å². The van der Waals surface area contributed by atoms with Gasteiger partial charge in [-0.3, -0.25) is 24.5 Å². The second-order valence-electron chi connectivity index (χ2n) is 6.69. The van der Waals surface area contributed by atoms with Crippen molar-refractivity contribution in [2.45, 2.75) is 33.6 Å². The average Bonchev–Trinajstić information content (AvgIpc) is 2.67. The number of nitro groups is 1. The van der Waals surface area contributed by atoms with Crippen LogP contribution in [0.25, 0.3) is 0 Å². The lowest BCUT2D eigenvalue weighted by Gasteiger charge is -2.08. The maximum absolute atomic E-state index is 12.2. The lowest BCUT2D eigenvalue weighted by atomic mass is 10.0. The molecule has 0 aromatic heterocycles. The fourth-order valence-corrected chi connectivity index (χ4v) is 2.57. The number of hydrogen-bond donors (Lipinski definition) is 1. The summed E-state index contributed by atoms with van der Waals surface area (Å²) in [6.45, 7) is 4.89. The predicted molar refractivity (Wildman–Crippen MR) is 107 cm³/mol. The molecule has 1 amide bonds. The van der Waals surface area contributed by atoms with Crippen LogP contribution < -0.4 is 5.32 Å². The normalized spacial score (nSPS) is 10.3. The van der Waals surface area contributed by atoms with Crippen molar-refractivity contribution in [3.8, 4) is 0 Å². The molecule has 0 fully saturated rings. The summed E-state index contributed by atoms with van der Waals surface area (Å²) in [6, 6.07) is 9.60. The number of anilines is 1. The van der Waals surface area contributed by atoms with Gasteiger partial charge in [-0.25, -0.2) is 0 Å². The van der Waals surface area contributed by atoms with Gasteiger partial charge in [-0.15, -0.1) is 0 Å². The third-order valence-corrected chi connectivity index (χ3v) is 4.44. The van der Waals surface area contributed by atoms with E-state index in [1.807, 2.05) is 19.9 Å². The fraction of sp³-hybridized carbons (Fsp3) is 0.286. The number of ether oxygens (including phenoxy) is 1. The highest BCUT2D eigenvalue weighted by Gasteiger charge is 2.15. The molecule has 2 rings (SSSR count). The van der Waals surface area contributed by atoms with Crippen molar-refractivity contribution in [2.24, 2.45) is 0 Å². The Morgan fingerprint density at radius 2 is 1.66 bits per heavy atom. The lowest BCUT2D eigenvalue weighted by molar-refractivity contribution is -0.385.